The number of carboxylic acid groups (broad SMARTS) is 1. The van der Waals surface area contributed by atoms with Gasteiger partial charge in [0.15, 0.2) is 0 Å². The number of aliphatic carboxylic acids is 1. The molecule has 5 nitrogen and oxygen atoms in total. The van der Waals surface area contributed by atoms with E-state index in [0.29, 0.717) is 12.8 Å². The van der Waals surface area contributed by atoms with Gasteiger partial charge in [0.25, 0.3) is 0 Å². The van der Waals surface area contributed by atoms with Crippen LogP contribution in [-0.4, -0.2) is 44.7 Å². The minimum absolute atomic E-state index is 0.0155. The topological polar surface area (TPSA) is 74.7 Å². The summed E-state index contributed by atoms with van der Waals surface area (Å²) in [7, 11) is 3.45. The highest BCUT2D eigenvalue weighted by molar-refractivity contribution is 8.77. The quantitative estimate of drug-likeness (QED) is 0.460. The van der Waals surface area contributed by atoms with Crippen LogP contribution in [0.2, 0.25) is 0 Å². The maximum Gasteiger partial charge on any atom is 0.326 e. The zero-order valence-electron chi connectivity index (χ0n) is 20.7. The molecule has 2 aromatic rings. The second-order valence-electron chi connectivity index (χ2n) is 9.14. The van der Waals surface area contributed by atoms with Gasteiger partial charge in [-0.1, -0.05) is 90.0 Å². The SMILES string of the molecule is CC1Cc2ccccc2C2CCCC(C(=O)O)N2C1=O.CCSS[C@@H](Cc1ccccc1)C(C)=O. The molecular weight excluding hydrogens is 478 g/mol. The average molecular weight is 514 g/mol. The highest BCUT2D eigenvalue weighted by atomic mass is 33.1. The summed E-state index contributed by atoms with van der Waals surface area (Å²) in [5.74, 6) is 0.266. The number of carboxylic acids is 1. The Kier molecular flexibility index (Phi) is 10.3. The molecule has 4 atom stereocenters. The van der Waals surface area contributed by atoms with Crippen LogP contribution in [0.3, 0.4) is 0 Å². The van der Waals surface area contributed by atoms with Gasteiger partial charge in [-0.2, -0.15) is 0 Å². The van der Waals surface area contributed by atoms with Gasteiger partial charge in [-0.3, -0.25) is 9.59 Å². The molecule has 1 N–H and O–H groups in total. The van der Waals surface area contributed by atoms with E-state index in [4.69, 9.17) is 0 Å². The van der Waals surface area contributed by atoms with Crippen LogP contribution < -0.4 is 0 Å². The Morgan fingerprint density at radius 1 is 1.09 bits per heavy atom. The Balaban J connectivity index is 0.000000205. The fourth-order valence-electron chi connectivity index (χ4n) is 4.80. The maximum atomic E-state index is 12.6. The third-order valence-corrected chi connectivity index (χ3v) is 9.46. The van der Waals surface area contributed by atoms with Crippen molar-refractivity contribution in [2.45, 2.75) is 70.2 Å². The van der Waals surface area contributed by atoms with Crippen LogP contribution in [0, 0.1) is 5.92 Å². The summed E-state index contributed by atoms with van der Waals surface area (Å²) < 4.78 is 0. The third-order valence-electron chi connectivity index (χ3n) is 6.55. The van der Waals surface area contributed by atoms with Crippen molar-refractivity contribution in [2.75, 3.05) is 5.75 Å². The molecule has 0 aromatic heterocycles. The Labute approximate surface area is 216 Å². The molecule has 188 valence electrons. The number of ketones is 1. The summed E-state index contributed by atoms with van der Waals surface area (Å²) in [5.41, 5.74) is 3.56. The molecule has 0 bridgehead atoms. The second-order valence-corrected chi connectivity index (χ2v) is 12.0. The molecule has 4 rings (SSSR count). The molecule has 2 aromatic carbocycles. The zero-order chi connectivity index (χ0) is 25.4. The van der Waals surface area contributed by atoms with Gasteiger partial charge >= 0.3 is 5.97 Å². The molecule has 1 fully saturated rings. The smallest absolute Gasteiger partial charge is 0.326 e. The summed E-state index contributed by atoms with van der Waals surface area (Å²) in [5, 5.41) is 9.52. The first-order valence-electron chi connectivity index (χ1n) is 12.3. The maximum absolute atomic E-state index is 12.6. The molecule has 1 saturated heterocycles. The van der Waals surface area contributed by atoms with Crippen LogP contribution in [0.25, 0.3) is 0 Å². The van der Waals surface area contributed by atoms with E-state index in [1.807, 2.05) is 43.3 Å². The summed E-state index contributed by atoms with van der Waals surface area (Å²) in [4.78, 5) is 37.2. The normalized spacial score (nSPS) is 22.1. The molecule has 7 heteroatoms. The fraction of sp³-hybridized carbons (Fsp3) is 0.464. The van der Waals surface area contributed by atoms with E-state index in [1.54, 1.807) is 33.4 Å². The number of fused-ring (bicyclic) bond motifs is 3. The van der Waals surface area contributed by atoms with Gasteiger partial charge < -0.3 is 10.0 Å². The average Bonchev–Trinajstić information content (AvgIpc) is 2.97. The molecule has 0 aliphatic carbocycles. The van der Waals surface area contributed by atoms with Crippen LogP contribution in [0.1, 0.15) is 62.8 Å². The molecule has 0 radical (unpaired) electrons. The van der Waals surface area contributed by atoms with Crippen LogP contribution >= 0.6 is 21.6 Å². The van der Waals surface area contributed by atoms with E-state index in [-0.39, 0.29) is 28.9 Å². The molecule has 2 aliphatic heterocycles. The lowest BCUT2D eigenvalue weighted by Crippen LogP contribution is -2.50. The predicted octanol–water partition coefficient (Wildman–Crippen LogP) is 5.97. The Morgan fingerprint density at radius 2 is 1.77 bits per heavy atom. The van der Waals surface area contributed by atoms with E-state index in [0.717, 1.165) is 30.6 Å². The van der Waals surface area contributed by atoms with Gasteiger partial charge in [-0.25, -0.2) is 4.79 Å². The van der Waals surface area contributed by atoms with Crippen molar-refractivity contribution in [1.29, 1.82) is 0 Å². The number of piperidine rings is 1. The standard InChI is InChI=1S/C16H19NO3.C12H16OS2/c1-10-9-11-5-2-3-6-12(11)13-7-4-8-14(16(19)20)17(13)15(10)18;1-3-14-15-12(10(2)13)9-11-7-5-4-6-8-11/h2-3,5-6,10,13-14H,4,7-9H2,1H3,(H,19,20);4-8,12H,3,9H2,1-2H3/t;12-/m.0/s1. The lowest BCUT2D eigenvalue weighted by molar-refractivity contribution is -0.156. The molecular formula is C28H35NO4S2. The first kappa shape index (κ1) is 27.3. The highest BCUT2D eigenvalue weighted by Crippen LogP contribution is 2.40. The van der Waals surface area contributed by atoms with Crippen molar-refractivity contribution < 1.29 is 19.5 Å². The molecule has 0 saturated carbocycles. The number of hydrogen-bond acceptors (Lipinski definition) is 5. The van der Waals surface area contributed by atoms with Crippen LogP contribution in [0.15, 0.2) is 54.6 Å². The number of Topliss-reactive ketones (excluding diaryl/α,β-unsaturated/α-hetero) is 1. The third kappa shape index (κ3) is 7.14. The lowest BCUT2D eigenvalue weighted by atomic mass is 9.89. The van der Waals surface area contributed by atoms with Gasteiger partial charge in [0.05, 0.1) is 11.3 Å². The van der Waals surface area contributed by atoms with Crippen LogP contribution in [0.5, 0.6) is 0 Å². The number of carbonyl (C=O) groups is 3. The summed E-state index contributed by atoms with van der Waals surface area (Å²) >= 11 is 0. The summed E-state index contributed by atoms with van der Waals surface area (Å²) in [6.45, 7) is 5.68. The number of nitrogens with zero attached hydrogens (tertiary/aromatic N) is 1. The molecule has 3 unspecified atom stereocenters. The predicted molar refractivity (Wildman–Crippen MR) is 145 cm³/mol. The first-order valence-corrected chi connectivity index (χ1v) is 14.7. The van der Waals surface area contributed by atoms with Crippen molar-refractivity contribution in [2.24, 2.45) is 5.92 Å². The number of carbonyl (C=O) groups excluding carboxylic acids is 2. The van der Waals surface area contributed by atoms with Crippen molar-refractivity contribution in [3.8, 4) is 0 Å². The molecule has 35 heavy (non-hydrogen) atoms. The minimum atomic E-state index is -0.880. The first-order chi connectivity index (χ1) is 16.8. The largest absolute Gasteiger partial charge is 0.480 e. The van der Waals surface area contributed by atoms with Crippen LogP contribution in [-0.2, 0) is 27.2 Å². The lowest BCUT2D eigenvalue weighted by Gasteiger charge is -2.40. The van der Waals surface area contributed by atoms with Gasteiger partial charge in [0, 0.05) is 11.7 Å². The van der Waals surface area contributed by atoms with Gasteiger partial charge in [-0.05, 0) is 55.7 Å². The number of hydrogen-bond donors (Lipinski definition) is 1. The Bertz CT molecular complexity index is 1010. The van der Waals surface area contributed by atoms with E-state index in [9.17, 15) is 19.5 Å². The van der Waals surface area contributed by atoms with Crippen molar-refractivity contribution in [1.82, 2.24) is 4.90 Å². The van der Waals surface area contributed by atoms with Crippen molar-refractivity contribution in [3.63, 3.8) is 0 Å². The molecule has 2 heterocycles. The van der Waals surface area contributed by atoms with Crippen molar-refractivity contribution >= 4 is 39.2 Å². The minimum Gasteiger partial charge on any atom is -0.480 e. The van der Waals surface area contributed by atoms with Gasteiger partial charge in [0.1, 0.15) is 11.8 Å². The number of amides is 1. The monoisotopic (exact) mass is 513 g/mol. The number of rotatable bonds is 7. The van der Waals surface area contributed by atoms with E-state index < -0.39 is 12.0 Å². The molecule has 2 aliphatic rings. The fourth-order valence-corrected chi connectivity index (χ4v) is 7.00. The van der Waals surface area contributed by atoms with Gasteiger partial charge in [0.2, 0.25) is 5.91 Å². The van der Waals surface area contributed by atoms with Gasteiger partial charge in [-0.15, -0.1) is 0 Å². The van der Waals surface area contributed by atoms with E-state index in [2.05, 4.69) is 25.1 Å². The highest BCUT2D eigenvalue weighted by Gasteiger charge is 2.42. The molecule has 1 amide bonds. The number of benzene rings is 2. The van der Waals surface area contributed by atoms with E-state index >= 15 is 0 Å². The van der Waals surface area contributed by atoms with Crippen molar-refractivity contribution in [3.05, 3.63) is 71.3 Å². The van der Waals surface area contributed by atoms with E-state index in [1.165, 1.54) is 11.1 Å². The Morgan fingerprint density at radius 3 is 2.43 bits per heavy atom. The Hall–Kier alpha value is -2.25. The summed E-state index contributed by atoms with van der Waals surface area (Å²) in [6.07, 6.45) is 3.82. The van der Waals surface area contributed by atoms with Crippen LogP contribution in [0.4, 0.5) is 0 Å². The second kappa shape index (κ2) is 13.2. The summed E-state index contributed by atoms with van der Waals surface area (Å²) in [6, 6.07) is 17.5. The zero-order valence-corrected chi connectivity index (χ0v) is 22.3. The molecule has 0 spiro atoms.